The minimum absolute atomic E-state index is 0.0365. The molecule has 37 heavy (non-hydrogen) atoms. The molecule has 2 N–H and O–H groups in total. The molecule has 0 aliphatic carbocycles. The van der Waals surface area contributed by atoms with E-state index in [0.29, 0.717) is 24.1 Å². The molecule has 192 valence electrons. The molecule has 12 heteroatoms. The number of ether oxygens (including phenoxy) is 1. The lowest BCUT2D eigenvalue weighted by Crippen LogP contribution is -2.35. The highest BCUT2D eigenvalue weighted by atomic mass is 32.2. The van der Waals surface area contributed by atoms with E-state index < -0.39 is 45.8 Å². The van der Waals surface area contributed by atoms with E-state index in [1.807, 2.05) is 18.2 Å². The van der Waals surface area contributed by atoms with Crippen LogP contribution in [0.3, 0.4) is 0 Å². The van der Waals surface area contributed by atoms with E-state index in [9.17, 15) is 31.2 Å². The fourth-order valence-electron chi connectivity index (χ4n) is 4.50. The summed E-state index contributed by atoms with van der Waals surface area (Å²) in [6.45, 7) is 0.193. The summed E-state index contributed by atoms with van der Waals surface area (Å²) in [6.07, 6.45) is -4.27. The van der Waals surface area contributed by atoms with Crippen LogP contribution in [0.1, 0.15) is 15.9 Å². The third-order valence-corrected chi connectivity index (χ3v) is 8.14. The number of amides is 3. The van der Waals surface area contributed by atoms with Gasteiger partial charge in [-0.1, -0.05) is 30.3 Å². The second-order valence-corrected chi connectivity index (χ2v) is 10.6. The molecule has 1 unspecified atom stereocenters. The number of hydrogen-bond donors (Lipinski definition) is 2. The Kier molecular flexibility index (Phi) is 6.06. The van der Waals surface area contributed by atoms with Crippen LogP contribution in [-0.2, 0) is 16.3 Å². The van der Waals surface area contributed by atoms with Crippen LogP contribution in [0.15, 0.2) is 71.6 Å². The van der Waals surface area contributed by atoms with Crippen LogP contribution in [0.25, 0.3) is 11.1 Å². The maximum absolute atomic E-state index is 13.8. The summed E-state index contributed by atoms with van der Waals surface area (Å²) in [7, 11) is -4.15. The zero-order valence-corrected chi connectivity index (χ0v) is 19.9. The SMILES string of the molecule is O=C1NC(S(=O)(=O)c2ccc3c(c2-c2ccccc2)CCN3)CN1C(=O)c1ccc(OC(F)(F)F)cc1. The van der Waals surface area contributed by atoms with Crippen molar-refractivity contribution in [1.29, 1.82) is 0 Å². The van der Waals surface area contributed by atoms with Crippen LogP contribution in [-0.4, -0.2) is 50.1 Å². The molecule has 1 fully saturated rings. The van der Waals surface area contributed by atoms with Gasteiger partial charge in [0.2, 0.25) is 9.84 Å². The van der Waals surface area contributed by atoms with Gasteiger partial charge >= 0.3 is 12.4 Å². The molecule has 8 nitrogen and oxygen atoms in total. The van der Waals surface area contributed by atoms with Gasteiger partial charge in [0.1, 0.15) is 5.75 Å². The lowest BCUT2D eigenvalue weighted by Gasteiger charge is -2.18. The average molecular weight is 532 g/mol. The largest absolute Gasteiger partial charge is 0.573 e. The standard InChI is InChI=1S/C25H20F3N3O5S/c26-25(27,28)36-17-8-6-16(7-9-17)23(32)31-14-21(30-24(31)33)37(34,35)20-11-10-19-18(12-13-29-19)22(20)15-4-2-1-3-5-15/h1-11,21,29H,12-14H2,(H,30,33). The molecular formula is C25H20F3N3O5S. The van der Waals surface area contributed by atoms with Crippen LogP contribution >= 0.6 is 0 Å². The van der Waals surface area contributed by atoms with Gasteiger partial charge in [0.05, 0.1) is 11.4 Å². The molecule has 3 aromatic rings. The van der Waals surface area contributed by atoms with E-state index in [2.05, 4.69) is 15.4 Å². The number of carbonyl (C=O) groups is 2. The quantitative estimate of drug-likeness (QED) is 0.512. The van der Waals surface area contributed by atoms with Gasteiger partial charge in [-0.15, -0.1) is 13.2 Å². The topological polar surface area (TPSA) is 105 Å². The summed E-state index contributed by atoms with van der Waals surface area (Å²) in [5.74, 6) is -1.38. The van der Waals surface area contributed by atoms with Crippen molar-refractivity contribution < 1.29 is 35.9 Å². The van der Waals surface area contributed by atoms with Crippen LogP contribution < -0.4 is 15.4 Å². The number of nitrogens with zero attached hydrogens (tertiary/aromatic N) is 1. The van der Waals surface area contributed by atoms with Gasteiger partial charge in [0.25, 0.3) is 5.91 Å². The molecule has 0 saturated carbocycles. The molecule has 3 aromatic carbocycles. The number of sulfone groups is 1. The molecule has 0 bridgehead atoms. The molecular weight excluding hydrogens is 511 g/mol. The van der Waals surface area contributed by atoms with E-state index in [-0.39, 0.29) is 10.5 Å². The minimum atomic E-state index is -4.89. The fraction of sp³-hybridized carbons (Fsp3) is 0.200. The molecule has 2 aliphatic rings. The molecule has 0 radical (unpaired) electrons. The monoisotopic (exact) mass is 531 g/mol. The number of imide groups is 1. The van der Waals surface area contributed by atoms with Crippen molar-refractivity contribution >= 4 is 27.5 Å². The Morgan fingerprint density at radius 1 is 1.00 bits per heavy atom. The van der Waals surface area contributed by atoms with Crippen molar-refractivity contribution in [2.45, 2.75) is 23.1 Å². The van der Waals surface area contributed by atoms with Crippen LogP contribution in [0, 0.1) is 0 Å². The number of rotatable bonds is 5. The Morgan fingerprint density at radius 3 is 2.38 bits per heavy atom. The van der Waals surface area contributed by atoms with Gasteiger partial charge in [0, 0.05) is 23.4 Å². The number of halogens is 3. The van der Waals surface area contributed by atoms with Crippen molar-refractivity contribution in [2.24, 2.45) is 0 Å². The lowest BCUT2D eigenvalue weighted by molar-refractivity contribution is -0.274. The van der Waals surface area contributed by atoms with Gasteiger partial charge < -0.3 is 15.4 Å². The first-order valence-corrected chi connectivity index (χ1v) is 12.8. The number of urea groups is 1. The van der Waals surface area contributed by atoms with Gasteiger partial charge in [-0.2, -0.15) is 0 Å². The van der Waals surface area contributed by atoms with Crippen molar-refractivity contribution in [1.82, 2.24) is 10.2 Å². The summed E-state index contributed by atoms with van der Waals surface area (Å²) in [5, 5.41) is 4.19. The zero-order chi connectivity index (χ0) is 26.4. The van der Waals surface area contributed by atoms with Gasteiger partial charge in [-0.05, 0) is 53.9 Å². The molecule has 5 rings (SSSR count). The zero-order valence-electron chi connectivity index (χ0n) is 19.1. The minimum Gasteiger partial charge on any atom is -0.406 e. The molecule has 1 saturated heterocycles. The number of carbonyl (C=O) groups excluding carboxylic acids is 2. The number of nitrogens with one attached hydrogen (secondary N) is 2. The molecule has 0 spiro atoms. The Balaban J connectivity index is 1.43. The molecule has 0 aromatic heterocycles. The van der Waals surface area contributed by atoms with E-state index in [4.69, 9.17) is 0 Å². The van der Waals surface area contributed by atoms with Crippen molar-refractivity contribution in [3.05, 3.63) is 77.9 Å². The maximum Gasteiger partial charge on any atom is 0.573 e. The third-order valence-electron chi connectivity index (χ3n) is 6.17. The average Bonchev–Trinajstić information content (AvgIpc) is 3.50. The predicted molar refractivity (Wildman–Crippen MR) is 128 cm³/mol. The van der Waals surface area contributed by atoms with Crippen molar-refractivity contribution in [3.63, 3.8) is 0 Å². The summed E-state index contributed by atoms with van der Waals surface area (Å²) >= 11 is 0. The highest BCUT2D eigenvalue weighted by molar-refractivity contribution is 7.92. The highest BCUT2D eigenvalue weighted by Gasteiger charge is 2.43. The molecule has 1 atom stereocenters. The molecule has 2 heterocycles. The van der Waals surface area contributed by atoms with Crippen molar-refractivity contribution in [3.8, 4) is 16.9 Å². The van der Waals surface area contributed by atoms with Crippen LogP contribution in [0.4, 0.5) is 23.7 Å². The fourth-order valence-corrected chi connectivity index (χ4v) is 6.19. The molecule has 3 amide bonds. The Bertz CT molecular complexity index is 1480. The predicted octanol–water partition coefficient (Wildman–Crippen LogP) is 4.19. The van der Waals surface area contributed by atoms with Crippen LogP contribution in [0.2, 0.25) is 0 Å². The molecule has 2 aliphatic heterocycles. The first kappa shape index (κ1) is 24.6. The van der Waals surface area contributed by atoms with Gasteiger partial charge in [-0.25, -0.2) is 13.2 Å². The van der Waals surface area contributed by atoms with E-state index in [1.54, 1.807) is 18.2 Å². The first-order chi connectivity index (χ1) is 17.5. The number of fused-ring (bicyclic) bond motifs is 1. The maximum atomic E-state index is 13.8. The van der Waals surface area contributed by atoms with Gasteiger partial charge in [0.15, 0.2) is 5.37 Å². The first-order valence-electron chi connectivity index (χ1n) is 11.2. The van der Waals surface area contributed by atoms with Crippen molar-refractivity contribution in [2.75, 3.05) is 18.4 Å². The summed E-state index contributed by atoms with van der Waals surface area (Å²) in [5.41, 5.74) is 2.84. The Morgan fingerprint density at radius 2 is 1.70 bits per heavy atom. The number of benzene rings is 3. The summed E-state index contributed by atoms with van der Waals surface area (Å²) < 4.78 is 68.5. The normalized spacial score (nSPS) is 17.2. The Hall–Kier alpha value is -4.06. The Labute approximate surface area is 210 Å². The number of anilines is 1. The second-order valence-electron chi connectivity index (χ2n) is 8.48. The second kappa shape index (κ2) is 9.11. The summed E-state index contributed by atoms with van der Waals surface area (Å²) in [6, 6.07) is 15.3. The van der Waals surface area contributed by atoms with E-state index >= 15 is 0 Å². The number of hydrogen-bond acceptors (Lipinski definition) is 6. The summed E-state index contributed by atoms with van der Waals surface area (Å²) in [4.78, 5) is 26.3. The highest BCUT2D eigenvalue weighted by Crippen LogP contribution is 2.39. The third kappa shape index (κ3) is 4.71. The van der Waals surface area contributed by atoms with Gasteiger partial charge in [-0.3, -0.25) is 9.69 Å². The number of alkyl halides is 3. The van der Waals surface area contributed by atoms with Crippen LogP contribution in [0.5, 0.6) is 5.75 Å². The lowest BCUT2D eigenvalue weighted by atomic mass is 9.98. The van der Waals surface area contributed by atoms with E-state index in [1.165, 1.54) is 6.07 Å². The van der Waals surface area contributed by atoms with E-state index in [0.717, 1.165) is 40.4 Å². The smallest absolute Gasteiger partial charge is 0.406 e.